The molecule has 1 aliphatic heterocycles. The lowest BCUT2D eigenvalue weighted by Gasteiger charge is -2.06. The van der Waals surface area contributed by atoms with Gasteiger partial charge in [-0.15, -0.1) is 23.7 Å². The molecule has 2 heterocycles. The van der Waals surface area contributed by atoms with Crippen molar-refractivity contribution in [3.05, 3.63) is 46.5 Å². The van der Waals surface area contributed by atoms with E-state index in [0.29, 0.717) is 5.13 Å². The molecule has 2 N–H and O–H groups in total. The molecule has 1 aliphatic rings. The van der Waals surface area contributed by atoms with E-state index in [9.17, 15) is 4.79 Å². The Kier molecular flexibility index (Phi) is 5.94. The number of hydrogen-bond donors (Lipinski definition) is 2. The molecule has 3 rings (SSSR count). The van der Waals surface area contributed by atoms with Gasteiger partial charge in [-0.2, -0.15) is 0 Å². The molecule has 1 fully saturated rings. The SMILES string of the molecule is Cc1ccccc1Cc1cnc(NC(=O)C2CCNC2)s1.Cl. The second kappa shape index (κ2) is 7.72. The minimum absolute atomic E-state index is 0. The summed E-state index contributed by atoms with van der Waals surface area (Å²) in [5.74, 6) is 0.158. The van der Waals surface area contributed by atoms with E-state index in [4.69, 9.17) is 0 Å². The van der Waals surface area contributed by atoms with E-state index in [1.165, 1.54) is 16.0 Å². The van der Waals surface area contributed by atoms with Crippen molar-refractivity contribution in [2.24, 2.45) is 5.92 Å². The molecule has 1 aromatic carbocycles. The largest absolute Gasteiger partial charge is 0.316 e. The molecule has 0 radical (unpaired) electrons. The maximum Gasteiger partial charge on any atom is 0.230 e. The summed E-state index contributed by atoms with van der Waals surface area (Å²) in [4.78, 5) is 17.5. The summed E-state index contributed by atoms with van der Waals surface area (Å²) in [6.07, 6.45) is 3.64. The van der Waals surface area contributed by atoms with Crippen LogP contribution in [-0.2, 0) is 11.2 Å². The number of carbonyl (C=O) groups is 1. The first-order chi connectivity index (χ1) is 10.2. The van der Waals surface area contributed by atoms with Crippen molar-refractivity contribution in [3.8, 4) is 0 Å². The number of nitrogens with zero attached hydrogens (tertiary/aromatic N) is 1. The highest BCUT2D eigenvalue weighted by atomic mass is 35.5. The van der Waals surface area contributed by atoms with E-state index in [2.05, 4.69) is 40.7 Å². The molecule has 118 valence electrons. The number of anilines is 1. The smallest absolute Gasteiger partial charge is 0.230 e. The molecule has 4 nitrogen and oxygen atoms in total. The topological polar surface area (TPSA) is 54.0 Å². The van der Waals surface area contributed by atoms with Crippen LogP contribution in [0.4, 0.5) is 5.13 Å². The van der Waals surface area contributed by atoms with Crippen LogP contribution in [0.1, 0.15) is 22.4 Å². The zero-order chi connectivity index (χ0) is 14.7. The average molecular weight is 338 g/mol. The van der Waals surface area contributed by atoms with E-state index >= 15 is 0 Å². The van der Waals surface area contributed by atoms with Crippen molar-refractivity contribution in [1.29, 1.82) is 0 Å². The molecule has 2 aromatic rings. The van der Waals surface area contributed by atoms with Crippen molar-refractivity contribution in [2.45, 2.75) is 19.8 Å². The standard InChI is InChI=1S/C16H19N3OS.ClH/c1-11-4-2-3-5-12(11)8-14-10-18-16(21-14)19-15(20)13-6-7-17-9-13;/h2-5,10,13,17H,6-9H2,1H3,(H,18,19,20);1H. The van der Waals surface area contributed by atoms with Gasteiger partial charge in [-0.25, -0.2) is 4.98 Å². The number of aryl methyl sites for hydroxylation is 1. The number of amides is 1. The van der Waals surface area contributed by atoms with Gasteiger partial charge in [0.1, 0.15) is 0 Å². The fraction of sp³-hybridized carbons (Fsp3) is 0.375. The van der Waals surface area contributed by atoms with Gasteiger partial charge in [-0.1, -0.05) is 24.3 Å². The van der Waals surface area contributed by atoms with Gasteiger partial charge in [0.2, 0.25) is 5.91 Å². The number of aromatic nitrogens is 1. The lowest BCUT2D eigenvalue weighted by atomic mass is 10.1. The molecule has 1 aromatic heterocycles. The zero-order valence-corrected chi connectivity index (χ0v) is 14.1. The summed E-state index contributed by atoms with van der Waals surface area (Å²) in [6, 6.07) is 8.36. The number of halogens is 1. The maximum absolute atomic E-state index is 12.1. The second-order valence-electron chi connectivity index (χ2n) is 5.41. The van der Waals surface area contributed by atoms with Crippen molar-refractivity contribution in [1.82, 2.24) is 10.3 Å². The molecular formula is C16H20ClN3OS. The first-order valence-electron chi connectivity index (χ1n) is 7.23. The predicted octanol–water partition coefficient (Wildman–Crippen LogP) is 3.01. The van der Waals surface area contributed by atoms with Gasteiger partial charge in [0, 0.05) is 24.0 Å². The molecule has 1 amide bonds. The molecule has 22 heavy (non-hydrogen) atoms. The maximum atomic E-state index is 12.1. The first kappa shape index (κ1) is 16.9. The van der Waals surface area contributed by atoms with E-state index in [1.807, 2.05) is 12.3 Å². The molecule has 1 unspecified atom stereocenters. The second-order valence-corrected chi connectivity index (χ2v) is 6.53. The van der Waals surface area contributed by atoms with Gasteiger partial charge in [0.15, 0.2) is 5.13 Å². The van der Waals surface area contributed by atoms with E-state index in [-0.39, 0.29) is 24.2 Å². The summed E-state index contributed by atoms with van der Waals surface area (Å²) in [6.45, 7) is 3.81. The van der Waals surface area contributed by atoms with Crippen LogP contribution in [0.2, 0.25) is 0 Å². The quantitative estimate of drug-likeness (QED) is 0.901. The highest BCUT2D eigenvalue weighted by Gasteiger charge is 2.23. The molecule has 0 bridgehead atoms. The third kappa shape index (κ3) is 4.06. The minimum Gasteiger partial charge on any atom is -0.316 e. The van der Waals surface area contributed by atoms with Crippen LogP contribution in [0.3, 0.4) is 0 Å². The number of thiazole rings is 1. The lowest BCUT2D eigenvalue weighted by molar-refractivity contribution is -0.119. The van der Waals surface area contributed by atoms with Crippen LogP contribution in [-0.4, -0.2) is 24.0 Å². The van der Waals surface area contributed by atoms with Crippen molar-refractivity contribution in [2.75, 3.05) is 18.4 Å². The fourth-order valence-electron chi connectivity index (χ4n) is 2.53. The van der Waals surface area contributed by atoms with Crippen LogP contribution < -0.4 is 10.6 Å². The Morgan fingerprint density at radius 2 is 2.27 bits per heavy atom. The number of benzene rings is 1. The molecule has 0 spiro atoms. The monoisotopic (exact) mass is 337 g/mol. The number of nitrogens with one attached hydrogen (secondary N) is 2. The normalized spacial score (nSPS) is 17.0. The highest BCUT2D eigenvalue weighted by molar-refractivity contribution is 7.15. The summed E-state index contributed by atoms with van der Waals surface area (Å²) < 4.78 is 0. The molecular weight excluding hydrogens is 318 g/mol. The summed E-state index contributed by atoms with van der Waals surface area (Å²) in [7, 11) is 0. The Hall–Kier alpha value is -1.43. The van der Waals surface area contributed by atoms with Crippen LogP contribution in [0.15, 0.2) is 30.5 Å². The molecule has 6 heteroatoms. The van der Waals surface area contributed by atoms with Gasteiger partial charge in [-0.05, 0) is 31.0 Å². The molecule has 0 aliphatic carbocycles. The summed E-state index contributed by atoms with van der Waals surface area (Å²) in [5, 5.41) is 6.84. The Bertz CT molecular complexity index is 638. The van der Waals surface area contributed by atoms with E-state index in [1.54, 1.807) is 11.3 Å². The van der Waals surface area contributed by atoms with E-state index < -0.39 is 0 Å². The third-order valence-corrected chi connectivity index (χ3v) is 4.75. The van der Waals surface area contributed by atoms with Crippen LogP contribution in [0.25, 0.3) is 0 Å². The van der Waals surface area contributed by atoms with Gasteiger partial charge < -0.3 is 10.6 Å². The van der Waals surface area contributed by atoms with Crippen LogP contribution in [0, 0.1) is 12.8 Å². The Morgan fingerprint density at radius 1 is 1.45 bits per heavy atom. The Labute approximate surface area is 140 Å². The van der Waals surface area contributed by atoms with Crippen molar-refractivity contribution in [3.63, 3.8) is 0 Å². The lowest BCUT2D eigenvalue weighted by Crippen LogP contribution is -2.24. The van der Waals surface area contributed by atoms with Gasteiger partial charge >= 0.3 is 0 Å². The van der Waals surface area contributed by atoms with Crippen LogP contribution >= 0.6 is 23.7 Å². The van der Waals surface area contributed by atoms with Gasteiger partial charge in [0.05, 0.1) is 5.92 Å². The highest BCUT2D eigenvalue weighted by Crippen LogP contribution is 2.23. The van der Waals surface area contributed by atoms with Crippen molar-refractivity contribution < 1.29 is 4.79 Å². The number of carbonyl (C=O) groups excluding carboxylic acids is 1. The third-order valence-electron chi connectivity index (χ3n) is 3.84. The fourth-order valence-corrected chi connectivity index (χ4v) is 3.37. The molecule has 0 saturated carbocycles. The summed E-state index contributed by atoms with van der Waals surface area (Å²) in [5.41, 5.74) is 2.59. The van der Waals surface area contributed by atoms with Crippen LogP contribution in [0.5, 0.6) is 0 Å². The molecule has 1 atom stereocenters. The minimum atomic E-state index is 0. The summed E-state index contributed by atoms with van der Waals surface area (Å²) >= 11 is 1.56. The van der Waals surface area contributed by atoms with Gasteiger partial charge in [-0.3, -0.25) is 4.79 Å². The Balaban J connectivity index is 0.00000176. The Morgan fingerprint density at radius 3 is 3.00 bits per heavy atom. The number of hydrogen-bond acceptors (Lipinski definition) is 4. The van der Waals surface area contributed by atoms with Gasteiger partial charge in [0.25, 0.3) is 0 Å². The number of rotatable bonds is 4. The predicted molar refractivity (Wildman–Crippen MR) is 93.0 cm³/mol. The zero-order valence-electron chi connectivity index (χ0n) is 12.5. The molecule has 1 saturated heterocycles. The van der Waals surface area contributed by atoms with Crippen molar-refractivity contribution >= 4 is 34.8 Å². The average Bonchev–Trinajstić information content (AvgIpc) is 3.13. The van der Waals surface area contributed by atoms with E-state index in [0.717, 1.165) is 25.9 Å². The first-order valence-corrected chi connectivity index (χ1v) is 8.05.